The molecule has 21 heavy (non-hydrogen) atoms. The maximum absolute atomic E-state index is 11.8. The van der Waals surface area contributed by atoms with Crippen LogP contribution in [0.25, 0.3) is 0 Å². The highest BCUT2D eigenvalue weighted by molar-refractivity contribution is 5.97. The van der Waals surface area contributed by atoms with Gasteiger partial charge in [0, 0.05) is 0 Å². The Hall–Kier alpha value is -1.14. The number of nitrogens with one attached hydrogen (secondary N) is 2. The van der Waals surface area contributed by atoms with Crippen LogP contribution in [-0.4, -0.2) is 47.3 Å². The summed E-state index contributed by atoms with van der Waals surface area (Å²) in [7, 11) is 0. The van der Waals surface area contributed by atoms with Crippen LogP contribution in [0, 0.1) is 10.8 Å². The number of aliphatic hydroxyl groups is 2. The largest absolute Gasteiger partial charge is 0.394 e. The molecule has 0 aliphatic heterocycles. The lowest BCUT2D eigenvalue weighted by Gasteiger charge is -2.31. The van der Waals surface area contributed by atoms with E-state index >= 15 is 0 Å². The second-order valence-electron chi connectivity index (χ2n) is 7.51. The molecule has 0 aliphatic carbocycles. The zero-order valence-corrected chi connectivity index (χ0v) is 14.0. The van der Waals surface area contributed by atoms with Crippen LogP contribution in [0.3, 0.4) is 0 Å². The van der Waals surface area contributed by atoms with Gasteiger partial charge in [0.2, 0.25) is 11.8 Å². The Balaban J connectivity index is 4.49. The van der Waals surface area contributed by atoms with Crippen LogP contribution in [0.2, 0.25) is 0 Å². The zero-order valence-electron chi connectivity index (χ0n) is 14.0. The second-order valence-corrected chi connectivity index (χ2v) is 7.51. The van der Waals surface area contributed by atoms with Crippen molar-refractivity contribution in [3.8, 4) is 0 Å². The van der Waals surface area contributed by atoms with E-state index < -0.39 is 23.9 Å². The van der Waals surface area contributed by atoms with Crippen LogP contribution >= 0.6 is 0 Å². The number of amides is 2. The van der Waals surface area contributed by atoms with Crippen molar-refractivity contribution in [2.45, 2.75) is 60.0 Å². The van der Waals surface area contributed by atoms with Crippen molar-refractivity contribution in [2.75, 3.05) is 13.2 Å². The Morgan fingerprint density at radius 1 is 0.810 bits per heavy atom. The summed E-state index contributed by atoms with van der Waals surface area (Å²) in [6, 6.07) is -0.817. The molecular formula is C15H30N2O4. The molecule has 0 radical (unpaired) electrons. The predicted octanol–water partition coefficient (Wildman–Crippen LogP) is 0.423. The summed E-state index contributed by atoms with van der Waals surface area (Å²) >= 11 is 0. The van der Waals surface area contributed by atoms with Crippen molar-refractivity contribution >= 4 is 11.8 Å². The van der Waals surface area contributed by atoms with E-state index in [2.05, 4.69) is 10.6 Å². The third kappa shape index (κ3) is 7.43. The minimum absolute atomic E-state index is 0.182. The molecule has 2 atom stereocenters. The van der Waals surface area contributed by atoms with Crippen molar-refractivity contribution in [1.82, 2.24) is 10.6 Å². The normalized spacial score (nSPS) is 15.2. The summed E-state index contributed by atoms with van der Waals surface area (Å²) in [5.74, 6) is -0.876. The van der Waals surface area contributed by atoms with Gasteiger partial charge in [-0.1, -0.05) is 41.5 Å². The number of hydrogen-bond acceptors (Lipinski definition) is 4. The fourth-order valence-corrected chi connectivity index (χ4v) is 1.71. The molecule has 4 N–H and O–H groups in total. The third-order valence-corrected chi connectivity index (χ3v) is 3.45. The average molecular weight is 302 g/mol. The van der Waals surface area contributed by atoms with Gasteiger partial charge in [-0.3, -0.25) is 9.59 Å². The van der Waals surface area contributed by atoms with E-state index in [9.17, 15) is 19.8 Å². The molecule has 0 aliphatic rings. The van der Waals surface area contributed by atoms with E-state index in [-0.39, 0.29) is 30.5 Å². The maximum atomic E-state index is 11.8. The topological polar surface area (TPSA) is 98.7 Å². The summed E-state index contributed by atoms with van der Waals surface area (Å²) in [6.07, 6.45) is -0.320. The van der Waals surface area contributed by atoms with Crippen molar-refractivity contribution in [2.24, 2.45) is 10.8 Å². The lowest BCUT2D eigenvalue weighted by Crippen LogP contribution is -2.50. The van der Waals surface area contributed by atoms with Crippen LogP contribution in [-0.2, 0) is 9.59 Å². The van der Waals surface area contributed by atoms with Gasteiger partial charge in [-0.25, -0.2) is 0 Å². The fourth-order valence-electron chi connectivity index (χ4n) is 1.71. The second kappa shape index (κ2) is 7.75. The highest BCUT2D eigenvalue weighted by atomic mass is 16.3. The molecule has 0 aromatic heterocycles. The first kappa shape index (κ1) is 19.9. The van der Waals surface area contributed by atoms with Gasteiger partial charge in [0.15, 0.2) is 0 Å². The molecule has 0 spiro atoms. The van der Waals surface area contributed by atoms with Gasteiger partial charge >= 0.3 is 0 Å². The molecule has 0 saturated heterocycles. The van der Waals surface area contributed by atoms with Crippen LogP contribution in [0.4, 0.5) is 0 Å². The van der Waals surface area contributed by atoms with E-state index in [0.717, 1.165) is 0 Å². The maximum Gasteiger partial charge on any atom is 0.229 e. The Bertz CT molecular complexity index is 322. The minimum Gasteiger partial charge on any atom is -0.394 e. The molecule has 124 valence electrons. The Morgan fingerprint density at radius 3 is 1.29 bits per heavy atom. The van der Waals surface area contributed by atoms with Gasteiger partial charge in [0.05, 0.1) is 25.3 Å². The number of carbonyl (C=O) groups is 2. The SMILES string of the molecule is CC(C)(C)C(CO)NC(=O)CC(=O)NC(CO)C(C)(C)C. The summed E-state index contributed by atoms with van der Waals surface area (Å²) in [5, 5.41) is 23.9. The first-order chi connectivity index (χ1) is 9.41. The molecule has 0 rings (SSSR count). The zero-order chi connectivity index (χ0) is 16.8. The molecule has 6 nitrogen and oxygen atoms in total. The lowest BCUT2D eigenvalue weighted by molar-refractivity contribution is -0.131. The van der Waals surface area contributed by atoms with Crippen LogP contribution in [0.15, 0.2) is 0 Å². The van der Waals surface area contributed by atoms with E-state index in [1.165, 1.54) is 0 Å². The summed E-state index contributed by atoms with van der Waals surface area (Å²) < 4.78 is 0. The first-order valence-electron chi connectivity index (χ1n) is 7.22. The minimum atomic E-state index is -0.438. The average Bonchev–Trinajstić information content (AvgIpc) is 2.29. The van der Waals surface area contributed by atoms with Crippen molar-refractivity contribution in [1.29, 1.82) is 0 Å². The molecule has 0 heterocycles. The fraction of sp³-hybridized carbons (Fsp3) is 0.867. The molecule has 0 aromatic carbocycles. The first-order valence-corrected chi connectivity index (χ1v) is 7.22. The van der Waals surface area contributed by atoms with Gasteiger partial charge in [-0.2, -0.15) is 0 Å². The summed E-state index contributed by atoms with van der Waals surface area (Å²) in [4.78, 5) is 23.7. The number of hydrogen-bond donors (Lipinski definition) is 4. The monoisotopic (exact) mass is 302 g/mol. The molecule has 0 aromatic rings. The quantitative estimate of drug-likeness (QED) is 0.535. The van der Waals surface area contributed by atoms with Gasteiger partial charge in [0.25, 0.3) is 0 Å². The van der Waals surface area contributed by atoms with E-state index in [1.54, 1.807) is 0 Å². The third-order valence-electron chi connectivity index (χ3n) is 3.45. The van der Waals surface area contributed by atoms with E-state index in [1.807, 2.05) is 41.5 Å². The van der Waals surface area contributed by atoms with Crippen molar-refractivity contribution in [3.63, 3.8) is 0 Å². The number of rotatable bonds is 6. The number of carbonyl (C=O) groups excluding carboxylic acids is 2. The molecule has 0 saturated carbocycles. The highest BCUT2D eigenvalue weighted by Gasteiger charge is 2.28. The van der Waals surface area contributed by atoms with Crippen molar-refractivity contribution < 1.29 is 19.8 Å². The molecule has 0 bridgehead atoms. The van der Waals surface area contributed by atoms with Gasteiger partial charge < -0.3 is 20.8 Å². The Labute approximate surface area is 127 Å². The van der Waals surface area contributed by atoms with E-state index in [0.29, 0.717) is 0 Å². The van der Waals surface area contributed by atoms with Gasteiger partial charge in [0.1, 0.15) is 6.42 Å². The smallest absolute Gasteiger partial charge is 0.229 e. The van der Waals surface area contributed by atoms with Gasteiger partial charge in [-0.15, -0.1) is 0 Å². The van der Waals surface area contributed by atoms with Crippen molar-refractivity contribution in [3.05, 3.63) is 0 Å². The van der Waals surface area contributed by atoms with Crippen LogP contribution in [0.1, 0.15) is 48.0 Å². The van der Waals surface area contributed by atoms with Crippen LogP contribution < -0.4 is 10.6 Å². The summed E-state index contributed by atoms with van der Waals surface area (Å²) in [5.41, 5.74) is -0.583. The summed E-state index contributed by atoms with van der Waals surface area (Å²) in [6.45, 7) is 11.0. The molecule has 2 unspecified atom stereocenters. The van der Waals surface area contributed by atoms with E-state index in [4.69, 9.17) is 0 Å². The number of aliphatic hydroxyl groups excluding tert-OH is 2. The van der Waals surface area contributed by atoms with Gasteiger partial charge in [-0.05, 0) is 10.8 Å². The molecular weight excluding hydrogens is 272 g/mol. The Morgan fingerprint density at radius 2 is 1.10 bits per heavy atom. The predicted molar refractivity (Wildman–Crippen MR) is 81.6 cm³/mol. The highest BCUT2D eigenvalue weighted by Crippen LogP contribution is 2.19. The molecule has 0 fully saturated rings. The van der Waals surface area contributed by atoms with Crippen LogP contribution in [0.5, 0.6) is 0 Å². The lowest BCUT2D eigenvalue weighted by atomic mass is 9.87. The standard InChI is InChI=1S/C15H30N2O4/c1-14(2,3)10(8-18)16-12(20)7-13(21)17-11(9-19)15(4,5)6/h10-11,18-19H,7-9H2,1-6H3,(H,16,20)(H,17,21). The molecule has 2 amide bonds. The molecule has 6 heteroatoms. The Kier molecular flexibility index (Phi) is 7.33.